The Kier molecular flexibility index (Phi) is 4.17. The van der Waals surface area contributed by atoms with Gasteiger partial charge < -0.3 is 10.2 Å². The van der Waals surface area contributed by atoms with Crippen LogP contribution in [0.5, 0.6) is 0 Å². The van der Waals surface area contributed by atoms with E-state index in [9.17, 15) is 10.1 Å². The number of hydrogen-bond acceptors (Lipinski definition) is 3. The standard InChI is InChI=1S/C20H17N3O/c1-23(2)16-10-8-14(9-11-16)12-17-18(13-21)19(22-20(17)24)15-6-4-3-5-7-15/h3-12H,1-2H3,(H,22,24). The lowest BCUT2D eigenvalue weighted by atomic mass is 10.0. The monoisotopic (exact) mass is 315 g/mol. The zero-order chi connectivity index (χ0) is 17.1. The van der Waals surface area contributed by atoms with Crippen molar-refractivity contribution in [3.05, 3.63) is 76.9 Å². The van der Waals surface area contributed by atoms with E-state index in [1.165, 1.54) is 0 Å². The minimum Gasteiger partial charge on any atom is -0.378 e. The van der Waals surface area contributed by atoms with Crippen molar-refractivity contribution in [2.24, 2.45) is 0 Å². The number of amides is 1. The van der Waals surface area contributed by atoms with Crippen molar-refractivity contribution in [1.82, 2.24) is 5.32 Å². The van der Waals surface area contributed by atoms with Crippen LogP contribution in [0.1, 0.15) is 11.1 Å². The molecule has 4 heteroatoms. The number of hydrogen-bond donors (Lipinski definition) is 1. The molecule has 0 radical (unpaired) electrons. The Bertz CT molecular complexity index is 869. The van der Waals surface area contributed by atoms with E-state index in [0.29, 0.717) is 16.8 Å². The Hall–Kier alpha value is -3.32. The van der Waals surface area contributed by atoms with Gasteiger partial charge in [-0.25, -0.2) is 0 Å². The van der Waals surface area contributed by atoms with Gasteiger partial charge in [0.2, 0.25) is 0 Å². The molecule has 4 nitrogen and oxygen atoms in total. The average Bonchev–Trinajstić information content (AvgIpc) is 2.92. The van der Waals surface area contributed by atoms with Crippen molar-refractivity contribution in [3.8, 4) is 6.07 Å². The van der Waals surface area contributed by atoms with Gasteiger partial charge in [0.25, 0.3) is 5.91 Å². The largest absolute Gasteiger partial charge is 0.378 e. The molecule has 0 fully saturated rings. The molecule has 0 aromatic heterocycles. The molecule has 2 aromatic carbocycles. The average molecular weight is 315 g/mol. The molecule has 0 spiro atoms. The highest BCUT2D eigenvalue weighted by atomic mass is 16.2. The fourth-order valence-corrected chi connectivity index (χ4v) is 2.60. The molecule has 1 amide bonds. The summed E-state index contributed by atoms with van der Waals surface area (Å²) in [5.41, 5.74) is 4.13. The summed E-state index contributed by atoms with van der Waals surface area (Å²) in [6, 6.07) is 19.4. The lowest BCUT2D eigenvalue weighted by Crippen LogP contribution is -2.15. The van der Waals surface area contributed by atoms with Gasteiger partial charge in [0.15, 0.2) is 0 Å². The lowest BCUT2D eigenvalue weighted by Gasteiger charge is -2.11. The highest BCUT2D eigenvalue weighted by Crippen LogP contribution is 2.29. The summed E-state index contributed by atoms with van der Waals surface area (Å²) in [7, 11) is 3.95. The Morgan fingerprint density at radius 3 is 2.29 bits per heavy atom. The zero-order valence-corrected chi connectivity index (χ0v) is 13.6. The molecule has 1 aliphatic heterocycles. The molecule has 1 heterocycles. The van der Waals surface area contributed by atoms with Crippen molar-refractivity contribution in [1.29, 1.82) is 5.26 Å². The van der Waals surface area contributed by atoms with E-state index in [4.69, 9.17) is 0 Å². The number of carbonyl (C=O) groups is 1. The van der Waals surface area contributed by atoms with Crippen LogP contribution in [0, 0.1) is 11.3 Å². The van der Waals surface area contributed by atoms with E-state index < -0.39 is 0 Å². The lowest BCUT2D eigenvalue weighted by molar-refractivity contribution is -0.115. The van der Waals surface area contributed by atoms with Gasteiger partial charge in [-0.15, -0.1) is 0 Å². The normalized spacial score (nSPS) is 15.4. The van der Waals surface area contributed by atoms with Gasteiger partial charge in [0, 0.05) is 19.8 Å². The van der Waals surface area contributed by atoms with Gasteiger partial charge in [-0.2, -0.15) is 5.26 Å². The first kappa shape index (κ1) is 15.6. The van der Waals surface area contributed by atoms with Crippen molar-refractivity contribution >= 4 is 23.4 Å². The van der Waals surface area contributed by atoms with Gasteiger partial charge in [0.1, 0.15) is 6.07 Å². The maximum Gasteiger partial charge on any atom is 0.257 e. The van der Waals surface area contributed by atoms with E-state index in [-0.39, 0.29) is 5.91 Å². The molecule has 1 N–H and O–H groups in total. The molecule has 1 aliphatic rings. The second kappa shape index (κ2) is 6.43. The number of nitriles is 1. The second-order valence-electron chi connectivity index (χ2n) is 5.73. The van der Waals surface area contributed by atoms with Crippen molar-refractivity contribution < 1.29 is 4.79 Å². The van der Waals surface area contributed by atoms with Gasteiger partial charge >= 0.3 is 0 Å². The Balaban J connectivity index is 2.02. The summed E-state index contributed by atoms with van der Waals surface area (Å²) in [6.07, 6.45) is 1.75. The van der Waals surface area contributed by atoms with Crippen LogP contribution in [0.25, 0.3) is 11.8 Å². The third kappa shape index (κ3) is 2.92. The molecular formula is C20H17N3O. The minimum atomic E-state index is -0.248. The van der Waals surface area contributed by atoms with Crippen LogP contribution < -0.4 is 10.2 Å². The number of benzene rings is 2. The number of nitrogens with zero attached hydrogens (tertiary/aromatic N) is 2. The first-order valence-electron chi connectivity index (χ1n) is 7.61. The van der Waals surface area contributed by atoms with Crippen LogP contribution in [0.15, 0.2) is 65.7 Å². The first-order valence-corrected chi connectivity index (χ1v) is 7.61. The second-order valence-corrected chi connectivity index (χ2v) is 5.73. The zero-order valence-electron chi connectivity index (χ0n) is 13.6. The summed E-state index contributed by atoms with van der Waals surface area (Å²) < 4.78 is 0. The summed E-state index contributed by atoms with van der Waals surface area (Å²) in [4.78, 5) is 14.3. The molecule has 3 rings (SSSR count). The fourth-order valence-electron chi connectivity index (χ4n) is 2.60. The molecule has 118 valence electrons. The number of rotatable bonds is 3. The van der Waals surface area contributed by atoms with Gasteiger partial charge in [-0.1, -0.05) is 42.5 Å². The molecule has 0 aliphatic carbocycles. The number of nitrogens with one attached hydrogen (secondary N) is 1. The predicted molar refractivity (Wildman–Crippen MR) is 95.9 cm³/mol. The van der Waals surface area contributed by atoms with E-state index in [1.807, 2.05) is 73.6 Å². The van der Waals surface area contributed by atoms with Crippen LogP contribution >= 0.6 is 0 Å². The third-order valence-corrected chi connectivity index (χ3v) is 3.90. The number of carbonyl (C=O) groups excluding carboxylic acids is 1. The minimum absolute atomic E-state index is 0.248. The predicted octanol–water partition coefficient (Wildman–Crippen LogP) is 3.20. The quantitative estimate of drug-likeness (QED) is 0.885. The van der Waals surface area contributed by atoms with Crippen molar-refractivity contribution in [2.75, 3.05) is 19.0 Å². The van der Waals surface area contributed by atoms with Crippen LogP contribution in [0.2, 0.25) is 0 Å². The van der Waals surface area contributed by atoms with E-state index in [0.717, 1.165) is 16.8 Å². The third-order valence-electron chi connectivity index (χ3n) is 3.90. The van der Waals surface area contributed by atoms with Crippen molar-refractivity contribution in [3.63, 3.8) is 0 Å². The van der Waals surface area contributed by atoms with E-state index in [1.54, 1.807) is 6.08 Å². The molecular weight excluding hydrogens is 298 g/mol. The smallest absolute Gasteiger partial charge is 0.257 e. The van der Waals surface area contributed by atoms with Gasteiger partial charge in [0.05, 0.1) is 16.8 Å². The molecule has 0 saturated carbocycles. The Labute approximate surface area is 141 Å². The molecule has 0 saturated heterocycles. The van der Waals surface area contributed by atoms with Crippen LogP contribution in [-0.2, 0) is 4.79 Å². The van der Waals surface area contributed by atoms with Crippen LogP contribution in [0.4, 0.5) is 5.69 Å². The summed E-state index contributed by atoms with van der Waals surface area (Å²) in [6.45, 7) is 0. The van der Waals surface area contributed by atoms with Crippen LogP contribution in [-0.4, -0.2) is 20.0 Å². The molecule has 0 unspecified atom stereocenters. The van der Waals surface area contributed by atoms with Gasteiger partial charge in [-0.05, 0) is 29.3 Å². The highest BCUT2D eigenvalue weighted by Gasteiger charge is 2.28. The maximum absolute atomic E-state index is 12.3. The highest BCUT2D eigenvalue weighted by molar-refractivity contribution is 6.14. The molecule has 0 bridgehead atoms. The Morgan fingerprint density at radius 1 is 1.04 bits per heavy atom. The Morgan fingerprint density at radius 2 is 1.71 bits per heavy atom. The van der Waals surface area contributed by atoms with Crippen LogP contribution in [0.3, 0.4) is 0 Å². The summed E-state index contributed by atoms with van der Waals surface area (Å²) in [5, 5.41) is 12.3. The molecule has 24 heavy (non-hydrogen) atoms. The number of anilines is 1. The van der Waals surface area contributed by atoms with E-state index in [2.05, 4.69) is 11.4 Å². The summed E-state index contributed by atoms with van der Waals surface area (Å²) in [5.74, 6) is -0.248. The first-order chi connectivity index (χ1) is 11.6. The summed E-state index contributed by atoms with van der Waals surface area (Å²) >= 11 is 0. The van der Waals surface area contributed by atoms with E-state index >= 15 is 0 Å². The molecule has 0 atom stereocenters. The topological polar surface area (TPSA) is 56.1 Å². The SMILES string of the molecule is CN(C)c1ccc(C=C2C(=O)NC(c3ccccc3)=C2C#N)cc1. The van der Waals surface area contributed by atoms with Crippen molar-refractivity contribution in [2.45, 2.75) is 0 Å². The maximum atomic E-state index is 12.3. The van der Waals surface area contributed by atoms with Gasteiger partial charge in [-0.3, -0.25) is 4.79 Å². The fraction of sp³-hybridized carbons (Fsp3) is 0.100. The molecule has 2 aromatic rings.